The third-order valence-electron chi connectivity index (χ3n) is 3.92. The summed E-state index contributed by atoms with van der Waals surface area (Å²) < 4.78 is 10.8. The van der Waals surface area contributed by atoms with Gasteiger partial charge in [-0.1, -0.05) is 11.6 Å². The van der Waals surface area contributed by atoms with Gasteiger partial charge in [0.05, 0.1) is 13.2 Å². The summed E-state index contributed by atoms with van der Waals surface area (Å²) in [5, 5.41) is 3.57. The monoisotopic (exact) mass is 362 g/mol. The second-order valence-electron chi connectivity index (χ2n) is 5.68. The maximum absolute atomic E-state index is 12.3. The summed E-state index contributed by atoms with van der Waals surface area (Å²) in [5.74, 6) is 1.44. The van der Waals surface area contributed by atoms with Crippen molar-refractivity contribution in [2.45, 2.75) is 13.0 Å². The number of hydrogen-bond donors (Lipinski definition) is 1. The molecule has 134 valence electrons. The van der Waals surface area contributed by atoms with Gasteiger partial charge in [0.25, 0.3) is 0 Å². The van der Waals surface area contributed by atoms with E-state index in [-0.39, 0.29) is 11.9 Å². The van der Waals surface area contributed by atoms with Gasteiger partial charge in [-0.25, -0.2) is 0 Å². The molecule has 0 aliphatic heterocycles. The topological polar surface area (TPSA) is 50.8 Å². The summed E-state index contributed by atoms with van der Waals surface area (Å²) in [6.45, 7) is 2.97. The molecule has 2 rings (SSSR count). The molecule has 5 nitrogen and oxygen atoms in total. The molecule has 2 aromatic carbocycles. The fraction of sp³-hybridized carbons (Fsp3) is 0.316. The molecule has 2 aromatic rings. The molecular weight excluding hydrogens is 340 g/mol. The Bertz CT molecular complexity index is 674. The lowest BCUT2D eigenvalue weighted by atomic mass is 10.2. The van der Waals surface area contributed by atoms with E-state index in [4.69, 9.17) is 21.1 Å². The first-order chi connectivity index (χ1) is 12.0. The highest BCUT2D eigenvalue weighted by Gasteiger charge is 2.18. The molecule has 1 amide bonds. The van der Waals surface area contributed by atoms with Crippen LogP contribution in [0.25, 0.3) is 0 Å². The second kappa shape index (κ2) is 9.30. The molecule has 25 heavy (non-hydrogen) atoms. The quantitative estimate of drug-likeness (QED) is 0.778. The molecule has 1 unspecified atom stereocenters. The number of hydrogen-bond acceptors (Lipinski definition) is 4. The highest BCUT2D eigenvalue weighted by Crippen LogP contribution is 2.16. The van der Waals surface area contributed by atoms with Gasteiger partial charge in [-0.15, -0.1) is 0 Å². The van der Waals surface area contributed by atoms with Crippen LogP contribution in [0, 0.1) is 0 Å². The Labute approximate surface area is 153 Å². The van der Waals surface area contributed by atoms with E-state index in [0.717, 1.165) is 17.2 Å². The largest absolute Gasteiger partial charge is 0.497 e. The van der Waals surface area contributed by atoms with Crippen LogP contribution in [0.2, 0.25) is 5.02 Å². The number of anilines is 1. The van der Waals surface area contributed by atoms with Gasteiger partial charge < -0.3 is 14.8 Å². The van der Waals surface area contributed by atoms with Crippen molar-refractivity contribution < 1.29 is 14.3 Å². The number of carbonyl (C=O) groups excluding carboxylic acids is 1. The van der Waals surface area contributed by atoms with Crippen LogP contribution >= 0.6 is 11.6 Å². The summed E-state index contributed by atoms with van der Waals surface area (Å²) in [5.41, 5.74) is 0.739. The first kappa shape index (κ1) is 19.1. The third-order valence-corrected chi connectivity index (χ3v) is 4.18. The van der Waals surface area contributed by atoms with Crippen LogP contribution in [0.4, 0.5) is 5.69 Å². The molecule has 0 fully saturated rings. The molecule has 1 N–H and O–H groups in total. The molecule has 0 saturated carbocycles. The molecule has 0 heterocycles. The first-order valence-electron chi connectivity index (χ1n) is 8.03. The average molecular weight is 363 g/mol. The number of likely N-dealkylation sites (N-methyl/N-ethyl adjacent to an activating group) is 1. The third kappa shape index (κ3) is 5.96. The van der Waals surface area contributed by atoms with E-state index in [2.05, 4.69) is 5.32 Å². The van der Waals surface area contributed by atoms with Crippen molar-refractivity contribution in [3.63, 3.8) is 0 Å². The molecule has 0 aliphatic rings. The van der Waals surface area contributed by atoms with Gasteiger partial charge in [-0.05, 0) is 62.5 Å². The molecule has 1 atom stereocenters. The predicted molar refractivity (Wildman–Crippen MR) is 101 cm³/mol. The van der Waals surface area contributed by atoms with E-state index in [0.29, 0.717) is 18.2 Å². The van der Waals surface area contributed by atoms with E-state index in [1.807, 2.05) is 55.3 Å². The smallest absolute Gasteiger partial charge is 0.241 e. The van der Waals surface area contributed by atoms with Crippen molar-refractivity contribution in [1.29, 1.82) is 0 Å². The van der Waals surface area contributed by atoms with Gasteiger partial charge in [0, 0.05) is 17.3 Å². The van der Waals surface area contributed by atoms with Crippen LogP contribution in [-0.2, 0) is 4.79 Å². The zero-order valence-electron chi connectivity index (χ0n) is 14.7. The van der Waals surface area contributed by atoms with Crippen molar-refractivity contribution in [2.24, 2.45) is 0 Å². The number of ether oxygens (including phenoxy) is 2. The zero-order valence-corrected chi connectivity index (χ0v) is 15.4. The molecular formula is C19H23ClN2O3. The minimum absolute atomic E-state index is 0.0702. The van der Waals surface area contributed by atoms with Crippen LogP contribution in [0.5, 0.6) is 11.5 Å². The highest BCUT2D eigenvalue weighted by atomic mass is 35.5. The number of halogens is 1. The predicted octanol–water partition coefficient (Wildman–Crippen LogP) is 3.69. The number of rotatable bonds is 8. The molecule has 0 radical (unpaired) electrons. The van der Waals surface area contributed by atoms with E-state index in [9.17, 15) is 4.79 Å². The van der Waals surface area contributed by atoms with Crippen molar-refractivity contribution in [1.82, 2.24) is 4.90 Å². The normalized spacial score (nSPS) is 11.9. The first-order valence-corrected chi connectivity index (χ1v) is 8.41. The van der Waals surface area contributed by atoms with E-state index in [1.54, 1.807) is 19.2 Å². The Balaban J connectivity index is 1.78. The standard InChI is InChI=1S/C19H23ClN2O3/c1-14(19(23)21-16-6-10-17(24-3)11-7-16)22(2)12-13-25-18-8-4-15(20)5-9-18/h4-11,14H,12-13H2,1-3H3,(H,21,23). The SMILES string of the molecule is COc1ccc(NC(=O)C(C)N(C)CCOc2ccc(Cl)cc2)cc1. The Morgan fingerprint density at radius 3 is 2.32 bits per heavy atom. The van der Waals surface area contributed by atoms with Crippen molar-refractivity contribution in [3.05, 3.63) is 53.6 Å². The van der Waals surface area contributed by atoms with Crippen molar-refractivity contribution in [2.75, 3.05) is 32.6 Å². The molecule has 0 bridgehead atoms. The summed E-state index contributed by atoms with van der Waals surface area (Å²) >= 11 is 5.84. The fourth-order valence-corrected chi connectivity index (χ4v) is 2.28. The van der Waals surface area contributed by atoms with Gasteiger partial charge in [-0.3, -0.25) is 9.69 Å². The molecule has 0 aliphatic carbocycles. The Hall–Kier alpha value is -2.24. The van der Waals surface area contributed by atoms with Crippen molar-refractivity contribution >= 4 is 23.2 Å². The fourth-order valence-electron chi connectivity index (χ4n) is 2.15. The van der Waals surface area contributed by atoms with Gasteiger partial charge in [0.15, 0.2) is 0 Å². The lowest BCUT2D eigenvalue weighted by molar-refractivity contribution is -0.120. The molecule has 0 aromatic heterocycles. The minimum atomic E-state index is -0.282. The summed E-state index contributed by atoms with van der Waals surface area (Å²) in [6, 6.07) is 14.2. The van der Waals surface area contributed by atoms with Gasteiger partial charge >= 0.3 is 0 Å². The Kier molecular flexibility index (Phi) is 7.10. The Morgan fingerprint density at radius 1 is 1.12 bits per heavy atom. The summed E-state index contributed by atoms with van der Waals surface area (Å²) in [7, 11) is 3.50. The van der Waals surface area contributed by atoms with E-state index < -0.39 is 0 Å². The maximum atomic E-state index is 12.3. The highest BCUT2D eigenvalue weighted by molar-refractivity contribution is 6.30. The van der Waals surface area contributed by atoms with Crippen LogP contribution < -0.4 is 14.8 Å². The second-order valence-corrected chi connectivity index (χ2v) is 6.11. The number of carbonyl (C=O) groups is 1. The molecule has 6 heteroatoms. The average Bonchev–Trinajstić information content (AvgIpc) is 2.63. The lowest BCUT2D eigenvalue weighted by Gasteiger charge is -2.23. The van der Waals surface area contributed by atoms with Crippen molar-refractivity contribution in [3.8, 4) is 11.5 Å². The number of methoxy groups -OCH3 is 1. The summed E-state index contributed by atoms with van der Waals surface area (Å²) in [4.78, 5) is 14.3. The number of nitrogens with one attached hydrogen (secondary N) is 1. The van der Waals surface area contributed by atoms with Crippen LogP contribution in [0.3, 0.4) is 0 Å². The van der Waals surface area contributed by atoms with Gasteiger partial charge in [0.1, 0.15) is 18.1 Å². The lowest BCUT2D eigenvalue weighted by Crippen LogP contribution is -2.41. The van der Waals surface area contributed by atoms with Crippen LogP contribution in [0.15, 0.2) is 48.5 Å². The minimum Gasteiger partial charge on any atom is -0.497 e. The molecule has 0 spiro atoms. The van der Waals surface area contributed by atoms with E-state index in [1.165, 1.54) is 0 Å². The zero-order chi connectivity index (χ0) is 18.2. The van der Waals surface area contributed by atoms with Crippen LogP contribution in [0.1, 0.15) is 6.92 Å². The van der Waals surface area contributed by atoms with Crippen LogP contribution in [-0.4, -0.2) is 44.2 Å². The van der Waals surface area contributed by atoms with Gasteiger partial charge in [0.2, 0.25) is 5.91 Å². The Morgan fingerprint density at radius 2 is 1.72 bits per heavy atom. The van der Waals surface area contributed by atoms with Gasteiger partial charge in [-0.2, -0.15) is 0 Å². The number of benzene rings is 2. The molecule has 0 saturated heterocycles. The van der Waals surface area contributed by atoms with E-state index >= 15 is 0 Å². The number of amides is 1. The maximum Gasteiger partial charge on any atom is 0.241 e. The summed E-state index contributed by atoms with van der Waals surface area (Å²) in [6.07, 6.45) is 0. The number of nitrogens with zero attached hydrogens (tertiary/aromatic N) is 1.